The van der Waals surface area contributed by atoms with Gasteiger partial charge in [0.1, 0.15) is 5.82 Å². The molecule has 0 radical (unpaired) electrons. The van der Waals surface area contributed by atoms with E-state index in [1.54, 1.807) is 23.0 Å². The maximum atomic E-state index is 13.1. The van der Waals surface area contributed by atoms with Crippen molar-refractivity contribution in [3.8, 4) is 11.4 Å². The van der Waals surface area contributed by atoms with E-state index in [0.29, 0.717) is 30.0 Å². The number of nitrogens with one attached hydrogen (secondary N) is 1. The summed E-state index contributed by atoms with van der Waals surface area (Å²) in [6, 6.07) is 13.1. The summed E-state index contributed by atoms with van der Waals surface area (Å²) in [4.78, 5) is 28.3. The van der Waals surface area contributed by atoms with Gasteiger partial charge in [0.25, 0.3) is 5.91 Å². The molecular formula is C22H21FN6O2. The van der Waals surface area contributed by atoms with Crippen molar-refractivity contribution in [1.82, 2.24) is 30.4 Å². The minimum atomic E-state index is -0.311. The van der Waals surface area contributed by atoms with Gasteiger partial charge < -0.3 is 10.2 Å². The first kappa shape index (κ1) is 19.3. The van der Waals surface area contributed by atoms with E-state index < -0.39 is 0 Å². The quantitative estimate of drug-likeness (QED) is 0.700. The number of rotatable bonds is 4. The number of fused-ring (bicyclic) bond motifs is 1. The van der Waals surface area contributed by atoms with Gasteiger partial charge in [-0.15, -0.1) is 10.2 Å². The molecule has 31 heavy (non-hydrogen) atoms. The lowest BCUT2D eigenvalue weighted by Gasteiger charge is -2.32. The van der Waals surface area contributed by atoms with E-state index in [-0.39, 0.29) is 36.1 Å². The van der Waals surface area contributed by atoms with Crippen LogP contribution >= 0.6 is 0 Å². The molecule has 2 aromatic carbocycles. The second-order valence-electron chi connectivity index (χ2n) is 7.87. The highest BCUT2D eigenvalue weighted by Crippen LogP contribution is 2.29. The Morgan fingerprint density at radius 1 is 1.10 bits per heavy atom. The zero-order valence-corrected chi connectivity index (χ0v) is 16.7. The average Bonchev–Trinajstić information content (AvgIpc) is 3.40. The molecule has 5 rings (SSSR count). The molecule has 0 aliphatic carbocycles. The molecule has 1 saturated heterocycles. The second-order valence-corrected chi connectivity index (χ2v) is 7.87. The number of halogens is 1. The van der Waals surface area contributed by atoms with Gasteiger partial charge in [0.2, 0.25) is 11.7 Å². The molecule has 2 aliphatic rings. The van der Waals surface area contributed by atoms with Gasteiger partial charge in [-0.25, -0.2) is 4.39 Å². The van der Waals surface area contributed by atoms with Crippen molar-refractivity contribution >= 4 is 11.8 Å². The summed E-state index contributed by atoms with van der Waals surface area (Å²) in [5, 5.41) is 15.6. The van der Waals surface area contributed by atoms with Crippen LogP contribution in [0.3, 0.4) is 0 Å². The van der Waals surface area contributed by atoms with Crippen LogP contribution in [0, 0.1) is 5.82 Å². The van der Waals surface area contributed by atoms with Crippen molar-refractivity contribution in [3.63, 3.8) is 0 Å². The first-order valence-corrected chi connectivity index (χ1v) is 10.3. The van der Waals surface area contributed by atoms with Crippen molar-refractivity contribution < 1.29 is 14.0 Å². The standard InChI is InChI=1S/C22H21FN6O2/c23-15-7-5-14(6-8-15)21-25-27-29(26-21)16-9-11-28(12-10-16)20(30)13-19-17-3-1-2-4-18(17)22(31)24-19/h1-8,16,19H,9-13H2,(H,24,31). The Hall–Kier alpha value is -3.62. The lowest BCUT2D eigenvalue weighted by atomic mass is 10.0. The number of tetrazole rings is 1. The minimum absolute atomic E-state index is 0.0269. The highest BCUT2D eigenvalue weighted by atomic mass is 19.1. The fourth-order valence-corrected chi connectivity index (χ4v) is 4.23. The topological polar surface area (TPSA) is 93.0 Å². The Balaban J connectivity index is 1.19. The molecule has 9 heteroatoms. The zero-order chi connectivity index (χ0) is 21.4. The lowest BCUT2D eigenvalue weighted by molar-refractivity contribution is -0.133. The van der Waals surface area contributed by atoms with Crippen molar-refractivity contribution in [2.24, 2.45) is 0 Å². The maximum absolute atomic E-state index is 13.1. The molecule has 1 aromatic heterocycles. The van der Waals surface area contributed by atoms with Crippen molar-refractivity contribution in [2.45, 2.75) is 31.3 Å². The van der Waals surface area contributed by atoms with Gasteiger partial charge in [0, 0.05) is 24.2 Å². The Bertz CT molecular complexity index is 1120. The SMILES string of the molecule is O=C1NC(CC(=O)N2CCC(n3nnc(-c4ccc(F)cc4)n3)CC2)c2ccccc21. The van der Waals surface area contributed by atoms with Crippen LogP contribution in [0.5, 0.6) is 0 Å². The molecule has 8 nitrogen and oxygen atoms in total. The summed E-state index contributed by atoms with van der Waals surface area (Å²) in [6.45, 7) is 1.19. The monoisotopic (exact) mass is 420 g/mol. The fraction of sp³-hybridized carbons (Fsp3) is 0.318. The summed E-state index contributed by atoms with van der Waals surface area (Å²) < 4.78 is 13.1. The number of hydrogen-bond donors (Lipinski definition) is 1. The second kappa shape index (κ2) is 7.90. The number of benzene rings is 2. The van der Waals surface area contributed by atoms with E-state index in [0.717, 1.165) is 18.4 Å². The average molecular weight is 420 g/mol. The van der Waals surface area contributed by atoms with E-state index in [1.807, 2.05) is 23.1 Å². The van der Waals surface area contributed by atoms with Crippen LogP contribution in [0.15, 0.2) is 48.5 Å². The van der Waals surface area contributed by atoms with Gasteiger partial charge in [-0.05, 0) is 54.0 Å². The number of piperidine rings is 1. The van der Waals surface area contributed by atoms with E-state index in [2.05, 4.69) is 20.7 Å². The van der Waals surface area contributed by atoms with Gasteiger partial charge >= 0.3 is 0 Å². The third-order valence-corrected chi connectivity index (χ3v) is 5.94. The predicted octanol–water partition coefficient (Wildman–Crippen LogP) is 2.52. The van der Waals surface area contributed by atoms with Crippen LogP contribution in [0.4, 0.5) is 4.39 Å². The number of nitrogens with zero attached hydrogens (tertiary/aromatic N) is 5. The van der Waals surface area contributed by atoms with E-state index in [9.17, 15) is 14.0 Å². The third kappa shape index (κ3) is 3.78. The van der Waals surface area contributed by atoms with Crippen molar-refractivity contribution in [3.05, 3.63) is 65.5 Å². The molecule has 158 valence electrons. The molecule has 3 aromatic rings. The van der Waals surface area contributed by atoms with Crippen LogP contribution in [0.2, 0.25) is 0 Å². The number of carbonyl (C=O) groups is 2. The highest BCUT2D eigenvalue weighted by molar-refractivity contribution is 5.99. The van der Waals surface area contributed by atoms with Crippen molar-refractivity contribution in [1.29, 1.82) is 0 Å². The summed E-state index contributed by atoms with van der Waals surface area (Å²) in [7, 11) is 0. The molecule has 2 aliphatic heterocycles. The number of amides is 2. The molecule has 0 saturated carbocycles. The maximum Gasteiger partial charge on any atom is 0.252 e. The van der Waals surface area contributed by atoms with Crippen molar-refractivity contribution in [2.75, 3.05) is 13.1 Å². The van der Waals surface area contributed by atoms with Gasteiger partial charge in [0.15, 0.2) is 0 Å². The minimum Gasteiger partial charge on any atom is -0.345 e. The van der Waals surface area contributed by atoms with Gasteiger partial charge in [-0.3, -0.25) is 9.59 Å². The molecule has 1 fully saturated rings. The molecule has 2 amide bonds. The number of aromatic nitrogens is 4. The Morgan fingerprint density at radius 3 is 2.61 bits per heavy atom. The summed E-state index contributed by atoms with van der Waals surface area (Å²) in [5.74, 6) is 0.0447. The zero-order valence-electron chi connectivity index (χ0n) is 16.7. The first-order valence-electron chi connectivity index (χ1n) is 10.3. The molecule has 0 bridgehead atoms. The van der Waals surface area contributed by atoms with Crippen LogP contribution in [-0.4, -0.2) is 50.0 Å². The Morgan fingerprint density at radius 2 is 1.84 bits per heavy atom. The normalized spacial score (nSPS) is 18.7. The fourth-order valence-electron chi connectivity index (χ4n) is 4.23. The van der Waals surface area contributed by atoms with Crippen LogP contribution in [0.1, 0.15) is 47.3 Å². The first-order chi connectivity index (χ1) is 15.1. The molecule has 1 N–H and O–H groups in total. The smallest absolute Gasteiger partial charge is 0.252 e. The number of hydrogen-bond acceptors (Lipinski definition) is 5. The van der Waals surface area contributed by atoms with Gasteiger partial charge in [0.05, 0.1) is 18.5 Å². The predicted molar refractivity (Wildman–Crippen MR) is 109 cm³/mol. The molecule has 3 heterocycles. The summed E-state index contributed by atoms with van der Waals surface area (Å²) in [6.07, 6.45) is 1.70. The lowest BCUT2D eigenvalue weighted by Crippen LogP contribution is -2.40. The summed E-state index contributed by atoms with van der Waals surface area (Å²) >= 11 is 0. The van der Waals surface area contributed by atoms with E-state index in [4.69, 9.17) is 0 Å². The van der Waals surface area contributed by atoms with Crippen LogP contribution in [0.25, 0.3) is 11.4 Å². The third-order valence-electron chi connectivity index (χ3n) is 5.94. The van der Waals surface area contributed by atoms with Crippen LogP contribution in [-0.2, 0) is 4.79 Å². The summed E-state index contributed by atoms with van der Waals surface area (Å²) in [5.41, 5.74) is 2.24. The Kier molecular flexibility index (Phi) is 4.93. The van der Waals surface area contributed by atoms with Gasteiger partial charge in [-0.1, -0.05) is 18.2 Å². The largest absolute Gasteiger partial charge is 0.345 e. The Labute approximate surface area is 178 Å². The molecular weight excluding hydrogens is 399 g/mol. The number of likely N-dealkylation sites (tertiary alicyclic amines) is 1. The van der Waals surface area contributed by atoms with Crippen LogP contribution < -0.4 is 5.32 Å². The van der Waals surface area contributed by atoms with E-state index in [1.165, 1.54) is 12.1 Å². The molecule has 0 spiro atoms. The van der Waals surface area contributed by atoms with E-state index >= 15 is 0 Å². The number of carbonyl (C=O) groups excluding carboxylic acids is 2. The highest BCUT2D eigenvalue weighted by Gasteiger charge is 2.32. The van der Waals surface area contributed by atoms with Gasteiger partial charge in [-0.2, -0.15) is 4.80 Å². The molecule has 1 unspecified atom stereocenters. The molecule has 1 atom stereocenters.